The number of benzene rings is 1. The first-order chi connectivity index (χ1) is 13.2. The SMILES string of the molecule is O=C(Cn1nc2c(cc1=O)CCCC2)N1CCc2c([nH]c3ccccc23)C1. The van der Waals surface area contributed by atoms with E-state index in [-0.39, 0.29) is 18.0 Å². The van der Waals surface area contributed by atoms with Gasteiger partial charge in [0.05, 0.1) is 12.2 Å². The molecule has 27 heavy (non-hydrogen) atoms. The van der Waals surface area contributed by atoms with E-state index in [4.69, 9.17) is 0 Å². The molecule has 1 amide bonds. The summed E-state index contributed by atoms with van der Waals surface area (Å²) in [5.41, 5.74) is 5.37. The van der Waals surface area contributed by atoms with Crippen LogP contribution in [0.4, 0.5) is 0 Å². The molecule has 1 aliphatic heterocycles. The van der Waals surface area contributed by atoms with Crippen LogP contribution in [0.3, 0.4) is 0 Å². The highest BCUT2D eigenvalue weighted by Gasteiger charge is 2.24. The number of fused-ring (bicyclic) bond motifs is 4. The molecule has 2 aliphatic rings. The Labute approximate surface area is 156 Å². The van der Waals surface area contributed by atoms with E-state index in [1.54, 1.807) is 6.07 Å². The van der Waals surface area contributed by atoms with E-state index in [0.717, 1.165) is 54.6 Å². The standard InChI is InChI=1S/C21H22N4O2/c26-20-11-14-5-1-3-7-17(14)23-25(20)13-21(27)24-10-9-16-15-6-2-4-8-18(15)22-19(16)12-24/h2,4,6,8,11,22H,1,3,5,7,9-10,12-13H2. The Kier molecular flexibility index (Phi) is 3.85. The first-order valence-electron chi connectivity index (χ1n) is 9.65. The summed E-state index contributed by atoms with van der Waals surface area (Å²) in [6.45, 7) is 1.25. The van der Waals surface area contributed by atoms with Crippen LogP contribution in [0.1, 0.15) is 35.4 Å². The van der Waals surface area contributed by atoms with Gasteiger partial charge in [-0.3, -0.25) is 9.59 Å². The average molecular weight is 362 g/mol. The van der Waals surface area contributed by atoms with E-state index >= 15 is 0 Å². The molecule has 1 N–H and O–H groups in total. The number of amides is 1. The highest BCUT2D eigenvalue weighted by molar-refractivity contribution is 5.85. The third-order valence-electron chi connectivity index (χ3n) is 5.79. The van der Waals surface area contributed by atoms with E-state index in [1.807, 2.05) is 17.0 Å². The number of hydrogen-bond acceptors (Lipinski definition) is 3. The Morgan fingerprint density at radius 1 is 1.15 bits per heavy atom. The molecule has 3 heterocycles. The molecule has 3 aromatic rings. The van der Waals surface area contributed by atoms with E-state index in [1.165, 1.54) is 15.6 Å². The molecule has 0 bridgehead atoms. The van der Waals surface area contributed by atoms with Crippen LogP contribution in [0.5, 0.6) is 0 Å². The third-order valence-corrected chi connectivity index (χ3v) is 5.79. The molecular formula is C21H22N4O2. The molecule has 1 aromatic carbocycles. The minimum Gasteiger partial charge on any atom is -0.357 e. The van der Waals surface area contributed by atoms with Crippen LogP contribution in [0.25, 0.3) is 10.9 Å². The van der Waals surface area contributed by atoms with Gasteiger partial charge in [0.25, 0.3) is 5.56 Å². The van der Waals surface area contributed by atoms with Crippen LogP contribution >= 0.6 is 0 Å². The van der Waals surface area contributed by atoms with Gasteiger partial charge in [0, 0.05) is 29.2 Å². The predicted octanol–water partition coefficient (Wildman–Crippen LogP) is 2.19. The second kappa shape index (κ2) is 6.37. The first-order valence-corrected chi connectivity index (χ1v) is 9.65. The fraction of sp³-hybridized carbons (Fsp3) is 0.381. The average Bonchev–Trinajstić information content (AvgIpc) is 3.06. The number of aryl methyl sites for hydroxylation is 2. The number of hydrogen-bond donors (Lipinski definition) is 1. The number of aromatic amines is 1. The zero-order valence-electron chi connectivity index (χ0n) is 15.2. The van der Waals surface area contributed by atoms with Gasteiger partial charge in [0.1, 0.15) is 6.54 Å². The monoisotopic (exact) mass is 362 g/mol. The zero-order chi connectivity index (χ0) is 18.4. The van der Waals surface area contributed by atoms with Gasteiger partial charge in [-0.15, -0.1) is 0 Å². The van der Waals surface area contributed by atoms with E-state index in [9.17, 15) is 9.59 Å². The Hall–Kier alpha value is -2.89. The number of nitrogens with one attached hydrogen (secondary N) is 1. The van der Waals surface area contributed by atoms with Crippen LogP contribution in [0.15, 0.2) is 35.1 Å². The van der Waals surface area contributed by atoms with Gasteiger partial charge in [0.2, 0.25) is 5.91 Å². The number of para-hydroxylation sites is 1. The number of rotatable bonds is 2. The summed E-state index contributed by atoms with van der Waals surface area (Å²) in [6.07, 6.45) is 4.85. The van der Waals surface area contributed by atoms with Crippen molar-refractivity contribution in [1.82, 2.24) is 19.7 Å². The number of aromatic nitrogens is 3. The predicted molar refractivity (Wildman–Crippen MR) is 103 cm³/mol. The maximum absolute atomic E-state index is 12.8. The van der Waals surface area contributed by atoms with Crippen LogP contribution in [-0.2, 0) is 37.1 Å². The molecule has 6 nitrogen and oxygen atoms in total. The number of nitrogens with zero attached hydrogens (tertiary/aromatic N) is 3. The number of carbonyl (C=O) groups is 1. The maximum atomic E-state index is 12.8. The maximum Gasteiger partial charge on any atom is 0.267 e. The number of carbonyl (C=O) groups excluding carboxylic acids is 1. The summed E-state index contributed by atoms with van der Waals surface area (Å²) in [4.78, 5) is 30.4. The van der Waals surface area contributed by atoms with Crippen molar-refractivity contribution in [3.05, 3.63) is 63.2 Å². The Balaban J connectivity index is 1.37. The lowest BCUT2D eigenvalue weighted by molar-refractivity contribution is -0.133. The van der Waals surface area contributed by atoms with Crippen LogP contribution in [0, 0.1) is 0 Å². The molecule has 5 rings (SSSR count). The second-order valence-corrected chi connectivity index (χ2v) is 7.51. The first kappa shape index (κ1) is 16.3. The van der Waals surface area contributed by atoms with Crippen molar-refractivity contribution in [2.75, 3.05) is 6.54 Å². The highest BCUT2D eigenvalue weighted by atomic mass is 16.2. The molecule has 0 atom stereocenters. The molecule has 138 valence electrons. The van der Waals surface area contributed by atoms with Crippen LogP contribution < -0.4 is 5.56 Å². The summed E-state index contributed by atoms with van der Waals surface area (Å²) in [5.74, 6) is -0.0512. The van der Waals surface area contributed by atoms with Crippen molar-refractivity contribution in [3.63, 3.8) is 0 Å². The van der Waals surface area contributed by atoms with Crippen LogP contribution in [-0.4, -0.2) is 32.1 Å². The fourth-order valence-corrected chi connectivity index (χ4v) is 4.35. The van der Waals surface area contributed by atoms with Gasteiger partial charge >= 0.3 is 0 Å². The summed E-state index contributed by atoms with van der Waals surface area (Å²) >= 11 is 0. The van der Waals surface area contributed by atoms with Gasteiger partial charge in [-0.1, -0.05) is 18.2 Å². The molecule has 6 heteroatoms. The molecule has 0 saturated heterocycles. The molecule has 0 fully saturated rings. The Morgan fingerprint density at radius 2 is 2.00 bits per heavy atom. The second-order valence-electron chi connectivity index (χ2n) is 7.51. The van der Waals surface area contributed by atoms with Crippen molar-refractivity contribution in [2.24, 2.45) is 0 Å². The van der Waals surface area contributed by atoms with Crippen molar-refractivity contribution in [2.45, 2.75) is 45.2 Å². The van der Waals surface area contributed by atoms with Gasteiger partial charge in [-0.05, 0) is 49.3 Å². The fourth-order valence-electron chi connectivity index (χ4n) is 4.35. The minimum atomic E-state index is -0.174. The third kappa shape index (κ3) is 2.85. The molecule has 0 radical (unpaired) electrons. The lowest BCUT2D eigenvalue weighted by atomic mass is 9.97. The number of H-pyrrole nitrogens is 1. The van der Waals surface area contributed by atoms with Crippen LogP contribution in [0.2, 0.25) is 0 Å². The van der Waals surface area contributed by atoms with E-state index in [0.29, 0.717) is 13.1 Å². The lowest BCUT2D eigenvalue weighted by Gasteiger charge is -2.27. The van der Waals surface area contributed by atoms with Crippen molar-refractivity contribution >= 4 is 16.8 Å². The van der Waals surface area contributed by atoms with Gasteiger partial charge in [-0.25, -0.2) is 4.68 Å². The molecule has 0 saturated carbocycles. The molecule has 2 aromatic heterocycles. The van der Waals surface area contributed by atoms with Crippen molar-refractivity contribution in [1.29, 1.82) is 0 Å². The van der Waals surface area contributed by atoms with Gasteiger partial charge < -0.3 is 9.88 Å². The smallest absolute Gasteiger partial charge is 0.267 e. The molecule has 0 unspecified atom stereocenters. The van der Waals surface area contributed by atoms with Gasteiger partial charge in [0.15, 0.2) is 0 Å². The Morgan fingerprint density at radius 3 is 2.93 bits per heavy atom. The molecular weight excluding hydrogens is 340 g/mol. The molecule has 0 spiro atoms. The normalized spacial score (nSPS) is 16.2. The largest absolute Gasteiger partial charge is 0.357 e. The van der Waals surface area contributed by atoms with Gasteiger partial charge in [-0.2, -0.15) is 5.10 Å². The van der Waals surface area contributed by atoms with Crippen molar-refractivity contribution in [3.8, 4) is 0 Å². The molecule has 1 aliphatic carbocycles. The topological polar surface area (TPSA) is 71.0 Å². The summed E-state index contributed by atoms with van der Waals surface area (Å²) in [7, 11) is 0. The highest BCUT2D eigenvalue weighted by Crippen LogP contribution is 2.27. The lowest BCUT2D eigenvalue weighted by Crippen LogP contribution is -2.40. The van der Waals surface area contributed by atoms with E-state index in [2.05, 4.69) is 22.2 Å². The zero-order valence-corrected chi connectivity index (χ0v) is 15.2. The Bertz CT molecular complexity index is 1100. The summed E-state index contributed by atoms with van der Waals surface area (Å²) in [6, 6.07) is 9.92. The summed E-state index contributed by atoms with van der Waals surface area (Å²) in [5, 5.41) is 5.72. The quantitative estimate of drug-likeness (QED) is 0.760. The minimum absolute atomic E-state index is 0.0156. The van der Waals surface area contributed by atoms with Crippen molar-refractivity contribution < 1.29 is 4.79 Å². The summed E-state index contributed by atoms with van der Waals surface area (Å²) < 4.78 is 1.34. The van der Waals surface area contributed by atoms with E-state index < -0.39 is 0 Å².